The number of hydrogen-bond acceptors (Lipinski definition) is 6. The van der Waals surface area contributed by atoms with Gasteiger partial charge in [0, 0.05) is 11.6 Å². The summed E-state index contributed by atoms with van der Waals surface area (Å²) in [4.78, 5) is 15.4. The molecule has 1 fully saturated rings. The van der Waals surface area contributed by atoms with Gasteiger partial charge in [-0.15, -0.1) is 0 Å². The molecule has 0 unspecified atom stereocenters. The standard InChI is InChI=1S/C21H17F3N2O5/c1-19-7-8-20(2,31-19)14-13(19)16(27)26(17(14)28)11-5-6-12(30-18(29)21(22,23)24)15-10(11)4-3-9-25-15/h3-6,9,27-28H,7-8H2,1-2H3/t19-,20+. The van der Waals surface area contributed by atoms with E-state index in [0.717, 1.165) is 6.07 Å². The fourth-order valence-corrected chi connectivity index (χ4v) is 4.77. The molecule has 31 heavy (non-hydrogen) atoms. The Hall–Kier alpha value is -3.27. The number of alkyl halides is 3. The first-order valence-corrected chi connectivity index (χ1v) is 9.51. The van der Waals surface area contributed by atoms with E-state index in [2.05, 4.69) is 9.72 Å². The number of benzene rings is 1. The number of halogens is 3. The molecule has 2 N–H and O–H groups in total. The van der Waals surface area contributed by atoms with Crippen molar-refractivity contribution in [3.8, 4) is 23.2 Å². The number of carbonyl (C=O) groups is 1. The molecule has 162 valence electrons. The predicted octanol–water partition coefficient (Wildman–Crippen LogP) is 4.16. The molecule has 7 nitrogen and oxygen atoms in total. The van der Waals surface area contributed by atoms with E-state index in [4.69, 9.17) is 4.74 Å². The summed E-state index contributed by atoms with van der Waals surface area (Å²) in [5.74, 6) is -3.19. The van der Waals surface area contributed by atoms with Crippen LogP contribution in [0.15, 0.2) is 30.5 Å². The van der Waals surface area contributed by atoms with E-state index in [1.165, 1.54) is 16.8 Å². The number of aromatic hydroxyl groups is 2. The van der Waals surface area contributed by atoms with Crippen molar-refractivity contribution >= 4 is 16.9 Å². The molecule has 2 aromatic heterocycles. The Bertz CT molecular complexity index is 1230. The first-order chi connectivity index (χ1) is 14.5. The zero-order valence-corrected chi connectivity index (χ0v) is 16.4. The minimum atomic E-state index is -5.16. The molecule has 0 saturated carbocycles. The van der Waals surface area contributed by atoms with Crippen molar-refractivity contribution in [3.63, 3.8) is 0 Å². The first-order valence-electron chi connectivity index (χ1n) is 9.51. The minimum Gasteiger partial charge on any atom is -0.494 e. The normalized spacial score (nSPS) is 24.5. The number of ether oxygens (including phenoxy) is 2. The van der Waals surface area contributed by atoms with Gasteiger partial charge in [-0.25, -0.2) is 4.79 Å². The maximum atomic E-state index is 12.7. The SMILES string of the molecule is C[C@]12CC[C@](C)(O1)c1c2c(O)n(-c2ccc(OC(=O)C(F)(F)F)c3ncccc23)c1O. The van der Waals surface area contributed by atoms with Gasteiger partial charge in [0.25, 0.3) is 0 Å². The van der Waals surface area contributed by atoms with Crippen LogP contribution in [0.1, 0.15) is 37.8 Å². The largest absolute Gasteiger partial charge is 0.494 e. The summed E-state index contributed by atoms with van der Waals surface area (Å²) in [6, 6.07) is 5.58. The summed E-state index contributed by atoms with van der Waals surface area (Å²) >= 11 is 0. The lowest BCUT2D eigenvalue weighted by atomic mass is 9.80. The van der Waals surface area contributed by atoms with Gasteiger partial charge >= 0.3 is 12.1 Å². The van der Waals surface area contributed by atoms with E-state index in [1.54, 1.807) is 12.1 Å². The highest BCUT2D eigenvalue weighted by Crippen LogP contribution is 2.64. The van der Waals surface area contributed by atoms with Crippen molar-refractivity contribution in [1.29, 1.82) is 0 Å². The molecule has 0 amide bonds. The van der Waals surface area contributed by atoms with Gasteiger partial charge in [-0.1, -0.05) is 0 Å². The second-order valence-electron chi connectivity index (χ2n) is 8.17. The lowest BCUT2D eigenvalue weighted by molar-refractivity contribution is -0.189. The van der Waals surface area contributed by atoms with E-state index < -0.39 is 23.3 Å². The number of rotatable bonds is 2. The number of fused-ring (bicyclic) bond motifs is 6. The molecule has 1 saturated heterocycles. The molecule has 2 aliphatic heterocycles. The van der Waals surface area contributed by atoms with Crippen LogP contribution in [0.3, 0.4) is 0 Å². The van der Waals surface area contributed by atoms with Crippen molar-refractivity contribution in [2.24, 2.45) is 0 Å². The Morgan fingerprint density at radius 2 is 1.74 bits per heavy atom. The van der Waals surface area contributed by atoms with Crippen LogP contribution in [0.4, 0.5) is 13.2 Å². The monoisotopic (exact) mass is 434 g/mol. The summed E-state index contributed by atoms with van der Waals surface area (Å²) in [5.41, 5.74) is -0.292. The smallest absolute Gasteiger partial charge is 0.491 e. The third kappa shape index (κ3) is 2.57. The van der Waals surface area contributed by atoms with Crippen LogP contribution in [0, 0.1) is 0 Å². The van der Waals surface area contributed by atoms with Crippen LogP contribution in [0.5, 0.6) is 17.5 Å². The van der Waals surface area contributed by atoms with Gasteiger partial charge in [-0.05, 0) is 51.0 Å². The molecular formula is C21H17F3N2O5. The summed E-state index contributed by atoms with van der Waals surface area (Å²) in [6.07, 6.45) is -2.49. The van der Waals surface area contributed by atoms with Crippen LogP contribution in [0.2, 0.25) is 0 Å². The molecule has 0 aliphatic carbocycles. The predicted molar refractivity (Wildman–Crippen MR) is 101 cm³/mol. The number of nitrogens with zero attached hydrogens (tertiary/aromatic N) is 2. The number of hydrogen-bond donors (Lipinski definition) is 2. The van der Waals surface area contributed by atoms with E-state index in [9.17, 15) is 28.2 Å². The Kier molecular flexibility index (Phi) is 3.75. The maximum absolute atomic E-state index is 12.7. The number of carbonyl (C=O) groups excluding carboxylic acids is 1. The zero-order valence-electron chi connectivity index (χ0n) is 16.4. The van der Waals surface area contributed by atoms with Crippen molar-refractivity contribution in [3.05, 3.63) is 41.6 Å². The van der Waals surface area contributed by atoms with Gasteiger partial charge in [-0.3, -0.25) is 9.55 Å². The molecule has 2 aliphatic rings. The van der Waals surface area contributed by atoms with E-state index >= 15 is 0 Å². The van der Waals surface area contributed by atoms with Gasteiger partial charge in [-0.2, -0.15) is 13.2 Å². The molecule has 3 aromatic rings. The van der Waals surface area contributed by atoms with E-state index in [1.807, 2.05) is 13.8 Å². The number of pyridine rings is 1. The number of esters is 1. The van der Waals surface area contributed by atoms with Crippen molar-refractivity contribution in [2.45, 2.75) is 44.1 Å². The van der Waals surface area contributed by atoms with Gasteiger partial charge in [0.05, 0.1) is 28.0 Å². The Balaban J connectivity index is 1.71. The quantitative estimate of drug-likeness (QED) is 0.465. The second-order valence-corrected chi connectivity index (χ2v) is 8.17. The van der Waals surface area contributed by atoms with E-state index in [-0.39, 0.29) is 34.1 Å². The molecule has 0 spiro atoms. The Labute approximate surface area is 173 Å². The van der Waals surface area contributed by atoms with Gasteiger partial charge < -0.3 is 19.7 Å². The fourth-order valence-electron chi connectivity index (χ4n) is 4.77. The highest BCUT2D eigenvalue weighted by atomic mass is 19.4. The van der Waals surface area contributed by atoms with Crippen molar-refractivity contribution in [1.82, 2.24) is 9.55 Å². The molecule has 2 bridgehead atoms. The highest BCUT2D eigenvalue weighted by molar-refractivity contribution is 5.94. The molecular weight excluding hydrogens is 417 g/mol. The highest BCUT2D eigenvalue weighted by Gasteiger charge is 2.59. The summed E-state index contributed by atoms with van der Waals surface area (Å²) in [6.45, 7) is 3.68. The molecule has 4 heterocycles. The molecule has 5 rings (SSSR count). The molecule has 0 radical (unpaired) electrons. The third-order valence-corrected chi connectivity index (χ3v) is 6.09. The van der Waals surface area contributed by atoms with Gasteiger partial charge in [0.15, 0.2) is 5.75 Å². The van der Waals surface area contributed by atoms with Crippen molar-refractivity contribution < 1.29 is 37.7 Å². The fraction of sp³-hybridized carbons (Fsp3) is 0.333. The lowest BCUT2D eigenvalue weighted by Crippen LogP contribution is -2.28. The Morgan fingerprint density at radius 3 is 2.32 bits per heavy atom. The minimum absolute atomic E-state index is 0.0260. The molecule has 10 heteroatoms. The van der Waals surface area contributed by atoms with Crippen LogP contribution in [-0.4, -0.2) is 31.9 Å². The maximum Gasteiger partial charge on any atom is 0.491 e. The van der Waals surface area contributed by atoms with E-state index in [0.29, 0.717) is 24.0 Å². The lowest BCUT2D eigenvalue weighted by Gasteiger charge is -2.21. The molecule has 2 atom stereocenters. The number of aromatic nitrogens is 2. The third-order valence-electron chi connectivity index (χ3n) is 6.09. The van der Waals surface area contributed by atoms with Gasteiger partial charge in [0.2, 0.25) is 11.8 Å². The zero-order chi connectivity index (χ0) is 22.3. The van der Waals surface area contributed by atoms with Gasteiger partial charge in [0.1, 0.15) is 5.52 Å². The molecule has 1 aromatic carbocycles. The average Bonchev–Trinajstić information content (AvgIpc) is 3.25. The summed E-state index contributed by atoms with van der Waals surface area (Å²) in [5, 5.41) is 22.3. The Morgan fingerprint density at radius 1 is 1.13 bits per heavy atom. The van der Waals surface area contributed by atoms with Crippen LogP contribution in [0.25, 0.3) is 16.6 Å². The average molecular weight is 434 g/mol. The van der Waals surface area contributed by atoms with Crippen LogP contribution in [-0.2, 0) is 20.7 Å². The summed E-state index contributed by atoms with van der Waals surface area (Å²) < 4.78 is 49.8. The van der Waals surface area contributed by atoms with Crippen LogP contribution >= 0.6 is 0 Å². The second kappa shape index (κ2) is 5.91. The summed E-state index contributed by atoms with van der Waals surface area (Å²) in [7, 11) is 0. The van der Waals surface area contributed by atoms with Crippen LogP contribution < -0.4 is 4.74 Å². The first kappa shape index (κ1) is 19.7. The van der Waals surface area contributed by atoms with Crippen molar-refractivity contribution in [2.75, 3.05) is 0 Å². The topological polar surface area (TPSA) is 93.8 Å².